The molecule has 0 bridgehead atoms. The van der Waals surface area contributed by atoms with Gasteiger partial charge in [-0.05, 0) is 80.3 Å². The van der Waals surface area contributed by atoms with Gasteiger partial charge in [-0.2, -0.15) is 0 Å². The van der Waals surface area contributed by atoms with E-state index < -0.39 is 131 Å². The lowest BCUT2D eigenvalue weighted by Gasteiger charge is -2.35. The number of sulfonamides is 1. The molecule has 5 rings (SSSR count). The van der Waals surface area contributed by atoms with Crippen LogP contribution in [0.25, 0.3) is 0 Å². The minimum Gasteiger partial charge on any atom is -0.461 e. The Hall–Kier alpha value is -5.57. The van der Waals surface area contributed by atoms with E-state index in [-0.39, 0.29) is 54.6 Å². The fraction of sp³-hybridized carbons (Fsp3) is 0.548. The number of nitrogens with one attached hydrogen (secondary N) is 4. The maximum absolute atomic E-state index is 14.8. The third-order valence-corrected chi connectivity index (χ3v) is 12.8. The average Bonchev–Trinajstić information content (AvgIpc) is 3.80. The molecule has 3 aliphatic heterocycles. The first-order valence-corrected chi connectivity index (χ1v) is 22.3. The molecule has 344 valence electrons. The van der Waals surface area contributed by atoms with E-state index in [0.29, 0.717) is 11.6 Å². The topological polar surface area (TPSA) is 221 Å². The number of likely N-dealkylation sites (N-methyl/N-ethyl adjacent to an activating group) is 1. The van der Waals surface area contributed by atoms with Gasteiger partial charge in [-0.15, -0.1) is 0 Å². The maximum Gasteiger partial charge on any atom is 0.328 e. The van der Waals surface area contributed by atoms with Crippen LogP contribution < -0.4 is 20.7 Å². The van der Waals surface area contributed by atoms with Gasteiger partial charge in [0.25, 0.3) is 0 Å². The molecular weight excluding hydrogens is 852 g/mol. The second kappa shape index (κ2) is 20.3. The van der Waals surface area contributed by atoms with E-state index >= 15 is 0 Å². The Bertz CT molecular complexity index is 2210. The highest BCUT2D eigenvalue weighted by Gasteiger charge is 2.46. The van der Waals surface area contributed by atoms with E-state index in [9.17, 15) is 55.2 Å². The Kier molecular flexibility index (Phi) is 15.6. The standard InChI is InChI=1S/C42H54F3N7O10S/c1-7-63(60,61)46-18-35-38(55)47-25(5)39(56)52-20-24(4)12-34(52)42(59)62-21-32(40(57)51-19-23(3)11-33(51)41(58)50(35)6)49-37(54)31(15-26-13-28(43)17-29(44)14-26)48-36(53)16-27-9-8-22(2)10-30(27)45/h8-10,13-14,17,23-25,31-35,46H,7,11-12,15-16,18-21H2,1-6H3,(H,47,55)(H,48,53)(H,49,54)/t23?,24-,25+,31+,32+,33+,34+,35+/m1/s1. The smallest absolute Gasteiger partial charge is 0.328 e. The minimum atomic E-state index is -3.89. The fourth-order valence-electron chi connectivity index (χ4n) is 8.06. The van der Waals surface area contributed by atoms with Crippen LogP contribution in [0.4, 0.5) is 13.2 Å². The Balaban J connectivity index is 1.52. The number of fused-ring (bicyclic) bond motifs is 2. The third-order valence-electron chi connectivity index (χ3n) is 11.4. The highest BCUT2D eigenvalue weighted by molar-refractivity contribution is 7.89. The quantitative estimate of drug-likeness (QED) is 0.229. The number of esters is 1. The summed E-state index contributed by atoms with van der Waals surface area (Å²) in [5, 5.41) is 7.51. The first-order valence-electron chi connectivity index (χ1n) is 20.7. The number of aryl methyl sites for hydroxylation is 1. The lowest BCUT2D eigenvalue weighted by atomic mass is 10.0. The number of carbonyl (C=O) groups is 7. The molecule has 3 saturated heterocycles. The SMILES string of the molecule is CCS(=O)(=O)NC[C@H]1C(=O)N[C@@H](C)C(=O)N2C[C@H](C)C[C@H]2C(=O)OC[C@H](NC(=O)[C@H](Cc2cc(F)cc(F)c2)NC(=O)Cc2ccc(C)cc2F)C(=O)N2CC(C)C[C@H]2C(=O)N1C. The number of hydrogen-bond acceptors (Lipinski definition) is 10. The average molecular weight is 906 g/mol. The van der Waals surface area contributed by atoms with Crippen molar-refractivity contribution in [1.82, 2.24) is 35.4 Å². The van der Waals surface area contributed by atoms with Crippen LogP contribution in [0.3, 0.4) is 0 Å². The third kappa shape index (κ3) is 12.1. The van der Waals surface area contributed by atoms with Crippen molar-refractivity contribution in [1.29, 1.82) is 0 Å². The molecule has 0 aromatic heterocycles. The van der Waals surface area contributed by atoms with Crippen LogP contribution in [-0.2, 0) is 61.2 Å². The van der Waals surface area contributed by atoms with Crippen LogP contribution in [0.5, 0.6) is 0 Å². The van der Waals surface area contributed by atoms with Crippen molar-refractivity contribution in [2.75, 3.05) is 39.0 Å². The molecule has 8 atom stereocenters. The number of carbonyl (C=O) groups excluding carboxylic acids is 7. The summed E-state index contributed by atoms with van der Waals surface area (Å²) in [5.41, 5.74) is 0.510. The van der Waals surface area contributed by atoms with Crippen LogP contribution in [0, 0.1) is 36.2 Å². The fourth-order valence-corrected chi connectivity index (χ4v) is 8.67. The summed E-state index contributed by atoms with van der Waals surface area (Å²) in [7, 11) is -2.64. The minimum absolute atomic E-state index is 0.0110. The van der Waals surface area contributed by atoms with E-state index in [1.807, 2.05) is 0 Å². The molecule has 3 heterocycles. The predicted octanol–water partition coefficient (Wildman–Crippen LogP) is 0.469. The summed E-state index contributed by atoms with van der Waals surface area (Å²) in [6, 6.07) is -1.98. The van der Waals surface area contributed by atoms with Crippen LogP contribution in [0.2, 0.25) is 0 Å². The first kappa shape index (κ1) is 48.5. The molecule has 2 aromatic carbocycles. The zero-order chi connectivity index (χ0) is 46.5. The molecule has 63 heavy (non-hydrogen) atoms. The second-order valence-corrected chi connectivity index (χ2v) is 18.8. The van der Waals surface area contributed by atoms with Gasteiger partial charge < -0.3 is 35.4 Å². The molecule has 17 nitrogen and oxygen atoms in total. The van der Waals surface area contributed by atoms with Crippen molar-refractivity contribution in [2.45, 2.75) is 96.6 Å². The molecule has 3 aliphatic rings. The van der Waals surface area contributed by atoms with Crippen molar-refractivity contribution in [3.05, 3.63) is 70.5 Å². The number of halogens is 3. The zero-order valence-corrected chi connectivity index (χ0v) is 36.7. The molecule has 4 N–H and O–H groups in total. The largest absolute Gasteiger partial charge is 0.461 e. The van der Waals surface area contributed by atoms with Gasteiger partial charge >= 0.3 is 5.97 Å². The normalized spacial score (nSPS) is 25.6. The van der Waals surface area contributed by atoms with Crippen molar-refractivity contribution < 1.29 is 59.9 Å². The molecule has 21 heteroatoms. The Morgan fingerprint density at radius 2 is 1.51 bits per heavy atom. The van der Waals surface area contributed by atoms with Crippen LogP contribution in [-0.4, -0.2) is 140 Å². The number of hydrogen-bond donors (Lipinski definition) is 4. The summed E-state index contributed by atoms with van der Waals surface area (Å²) < 4.78 is 76.4. The number of cyclic esters (lactones) is 1. The number of amides is 6. The van der Waals surface area contributed by atoms with E-state index in [0.717, 1.165) is 21.9 Å². The Morgan fingerprint density at radius 3 is 2.13 bits per heavy atom. The predicted molar refractivity (Wildman–Crippen MR) is 220 cm³/mol. The van der Waals surface area contributed by atoms with Gasteiger partial charge in [-0.3, -0.25) is 28.8 Å². The molecule has 0 aliphatic carbocycles. The Labute approximate surface area is 363 Å². The first-order chi connectivity index (χ1) is 29.6. The number of ether oxygens (including phenoxy) is 1. The molecule has 6 amide bonds. The highest BCUT2D eigenvalue weighted by atomic mass is 32.2. The Morgan fingerprint density at radius 1 is 0.889 bits per heavy atom. The van der Waals surface area contributed by atoms with E-state index in [2.05, 4.69) is 20.7 Å². The van der Waals surface area contributed by atoms with Gasteiger partial charge in [0, 0.05) is 39.2 Å². The summed E-state index contributed by atoms with van der Waals surface area (Å²) >= 11 is 0. The van der Waals surface area contributed by atoms with Crippen molar-refractivity contribution >= 4 is 51.4 Å². The summed E-state index contributed by atoms with van der Waals surface area (Å²) in [6.07, 6.45) is -0.854. The molecule has 0 saturated carbocycles. The summed E-state index contributed by atoms with van der Waals surface area (Å²) in [5.74, 6) is -9.70. The lowest BCUT2D eigenvalue weighted by molar-refractivity contribution is -0.158. The van der Waals surface area contributed by atoms with Crippen molar-refractivity contribution in [2.24, 2.45) is 11.8 Å². The van der Waals surface area contributed by atoms with E-state index in [4.69, 9.17) is 4.74 Å². The molecule has 3 fully saturated rings. The number of rotatable bonds is 11. The van der Waals surface area contributed by atoms with Crippen molar-refractivity contribution in [3.63, 3.8) is 0 Å². The van der Waals surface area contributed by atoms with Crippen molar-refractivity contribution in [3.8, 4) is 0 Å². The molecule has 2 aromatic rings. The number of benzene rings is 2. The van der Waals surface area contributed by atoms with Gasteiger partial charge in [0.15, 0.2) is 0 Å². The lowest BCUT2D eigenvalue weighted by Crippen LogP contribution is -2.62. The highest BCUT2D eigenvalue weighted by Crippen LogP contribution is 2.28. The summed E-state index contributed by atoms with van der Waals surface area (Å²) in [4.78, 5) is 101. The maximum atomic E-state index is 14.8. The van der Waals surface area contributed by atoms with Gasteiger partial charge in [0.05, 0.1) is 12.2 Å². The molecule has 0 spiro atoms. The van der Waals surface area contributed by atoms with Gasteiger partial charge in [-0.25, -0.2) is 31.1 Å². The van der Waals surface area contributed by atoms with Crippen LogP contribution in [0.1, 0.15) is 57.2 Å². The molecule has 0 radical (unpaired) electrons. The van der Waals surface area contributed by atoms with Gasteiger partial charge in [-0.1, -0.05) is 26.0 Å². The number of nitrogens with zero attached hydrogens (tertiary/aromatic N) is 3. The van der Waals surface area contributed by atoms with E-state index in [1.54, 1.807) is 26.8 Å². The molecular formula is C42H54F3N7O10S. The second-order valence-electron chi connectivity index (χ2n) is 16.7. The van der Waals surface area contributed by atoms with Crippen LogP contribution in [0.15, 0.2) is 36.4 Å². The monoisotopic (exact) mass is 905 g/mol. The van der Waals surface area contributed by atoms with E-state index in [1.165, 1.54) is 37.9 Å². The van der Waals surface area contributed by atoms with Gasteiger partial charge in [0.2, 0.25) is 45.5 Å². The zero-order valence-electron chi connectivity index (χ0n) is 35.9. The molecule has 1 unspecified atom stereocenters. The summed E-state index contributed by atoms with van der Waals surface area (Å²) in [6.45, 7) is 6.54. The van der Waals surface area contributed by atoms with Crippen LogP contribution >= 0.6 is 0 Å². The van der Waals surface area contributed by atoms with Gasteiger partial charge in [0.1, 0.15) is 60.3 Å².